The van der Waals surface area contributed by atoms with E-state index in [-0.39, 0.29) is 12.3 Å². The molecule has 0 bridgehead atoms. The molecule has 1 aromatic carbocycles. The molecule has 0 amide bonds. The smallest absolute Gasteiger partial charge is 0.317 e. The minimum absolute atomic E-state index is 0.000263. The van der Waals surface area contributed by atoms with E-state index in [1.807, 2.05) is 11.8 Å². The summed E-state index contributed by atoms with van der Waals surface area (Å²) in [6.07, 6.45) is 1.88. The Labute approximate surface area is 142 Å². The molecule has 2 rings (SSSR count). The third-order valence-corrected chi connectivity index (χ3v) is 4.51. The Morgan fingerprint density at radius 2 is 1.88 bits per heavy atom. The molecule has 0 heterocycles. The number of nitrogens with zero attached hydrogens (tertiary/aromatic N) is 1. The third kappa shape index (κ3) is 4.30. The van der Waals surface area contributed by atoms with Gasteiger partial charge in [-0.2, -0.15) is 0 Å². The highest BCUT2D eigenvalue weighted by atomic mass is 16.5. The summed E-state index contributed by atoms with van der Waals surface area (Å²) in [5.41, 5.74) is 0.961. The summed E-state index contributed by atoms with van der Waals surface area (Å²) in [6.45, 7) is 3.46. The van der Waals surface area contributed by atoms with Gasteiger partial charge in [0.15, 0.2) is 11.5 Å². The van der Waals surface area contributed by atoms with Crippen molar-refractivity contribution in [3.63, 3.8) is 0 Å². The first-order chi connectivity index (χ1) is 11.5. The number of benzene rings is 1. The largest absolute Gasteiger partial charge is 0.502 e. The van der Waals surface area contributed by atoms with Gasteiger partial charge in [0.2, 0.25) is 5.75 Å². The first kappa shape index (κ1) is 18.4. The highest BCUT2D eigenvalue weighted by molar-refractivity contribution is 5.69. The van der Waals surface area contributed by atoms with Gasteiger partial charge in [-0.1, -0.05) is 6.92 Å². The van der Waals surface area contributed by atoms with Crippen LogP contribution < -0.4 is 14.8 Å². The zero-order chi connectivity index (χ0) is 17.7. The molecule has 0 saturated heterocycles. The van der Waals surface area contributed by atoms with Crippen LogP contribution in [0.3, 0.4) is 0 Å². The van der Waals surface area contributed by atoms with Crippen molar-refractivity contribution in [2.24, 2.45) is 0 Å². The minimum atomic E-state index is -0.781. The Hall–Kier alpha value is -1.99. The van der Waals surface area contributed by atoms with Crippen LogP contribution in [-0.4, -0.2) is 60.5 Å². The molecule has 1 aliphatic rings. The average Bonchev–Trinajstić information content (AvgIpc) is 2.52. The lowest BCUT2D eigenvalue weighted by molar-refractivity contribution is -0.139. The number of likely N-dealkylation sites (N-methyl/N-ethyl adjacent to an activating group) is 1. The van der Waals surface area contributed by atoms with Crippen LogP contribution in [0.2, 0.25) is 0 Å². The Kier molecular flexibility index (Phi) is 6.28. The van der Waals surface area contributed by atoms with Gasteiger partial charge in [-0.25, -0.2) is 0 Å². The standard InChI is InChI=1S/C17H26N2O5/c1-4-19(10-16(20)21)13-7-12(8-13)18-9-11-5-14(23-2)17(22)15(6-11)24-3/h5-6,12-13,18,22H,4,7-10H2,1-3H3,(H,20,21). The van der Waals surface area contributed by atoms with Gasteiger partial charge in [0.25, 0.3) is 0 Å². The number of rotatable bonds is 9. The maximum absolute atomic E-state index is 10.9. The summed E-state index contributed by atoms with van der Waals surface area (Å²) in [4.78, 5) is 12.8. The molecular formula is C17H26N2O5. The van der Waals surface area contributed by atoms with Crippen LogP contribution in [0.25, 0.3) is 0 Å². The number of aliphatic carboxylic acids is 1. The number of methoxy groups -OCH3 is 2. The molecule has 0 unspecified atom stereocenters. The summed E-state index contributed by atoms with van der Waals surface area (Å²) in [6, 6.07) is 4.25. The highest BCUT2D eigenvalue weighted by Crippen LogP contribution is 2.37. The molecule has 1 aliphatic carbocycles. The SMILES string of the molecule is CCN(CC(=O)O)C1CC(NCc2cc(OC)c(O)c(OC)c2)C1. The van der Waals surface area contributed by atoms with E-state index in [9.17, 15) is 9.90 Å². The first-order valence-electron chi connectivity index (χ1n) is 8.11. The molecule has 1 saturated carbocycles. The van der Waals surface area contributed by atoms with Crippen molar-refractivity contribution >= 4 is 5.97 Å². The maximum Gasteiger partial charge on any atom is 0.317 e. The summed E-state index contributed by atoms with van der Waals surface area (Å²) in [7, 11) is 3.01. The zero-order valence-corrected chi connectivity index (χ0v) is 14.4. The molecule has 1 aromatic rings. The van der Waals surface area contributed by atoms with Gasteiger partial charge in [-0.05, 0) is 37.1 Å². The maximum atomic E-state index is 10.9. The van der Waals surface area contributed by atoms with Gasteiger partial charge in [0.05, 0.1) is 20.8 Å². The van der Waals surface area contributed by atoms with Crippen LogP contribution >= 0.6 is 0 Å². The number of nitrogens with one attached hydrogen (secondary N) is 1. The van der Waals surface area contributed by atoms with E-state index in [1.54, 1.807) is 12.1 Å². The van der Waals surface area contributed by atoms with Crippen LogP contribution in [0.1, 0.15) is 25.3 Å². The molecule has 24 heavy (non-hydrogen) atoms. The van der Waals surface area contributed by atoms with Crippen LogP contribution in [0.5, 0.6) is 17.2 Å². The highest BCUT2D eigenvalue weighted by Gasteiger charge is 2.33. The monoisotopic (exact) mass is 338 g/mol. The second kappa shape index (κ2) is 8.21. The molecular weight excluding hydrogens is 312 g/mol. The molecule has 1 fully saturated rings. The van der Waals surface area contributed by atoms with Gasteiger partial charge in [-0.15, -0.1) is 0 Å². The van der Waals surface area contributed by atoms with Crippen LogP contribution in [0.15, 0.2) is 12.1 Å². The van der Waals surface area contributed by atoms with Crippen molar-refractivity contribution in [1.82, 2.24) is 10.2 Å². The van der Waals surface area contributed by atoms with Gasteiger partial charge < -0.3 is 25.0 Å². The van der Waals surface area contributed by atoms with E-state index < -0.39 is 5.97 Å². The normalized spacial score (nSPS) is 19.8. The van der Waals surface area contributed by atoms with Crippen molar-refractivity contribution < 1.29 is 24.5 Å². The fraction of sp³-hybridized carbons (Fsp3) is 0.588. The fourth-order valence-corrected chi connectivity index (χ4v) is 3.04. The van der Waals surface area contributed by atoms with Crippen LogP contribution in [-0.2, 0) is 11.3 Å². The predicted molar refractivity (Wildman–Crippen MR) is 89.7 cm³/mol. The van der Waals surface area contributed by atoms with Crippen molar-refractivity contribution in [3.8, 4) is 17.2 Å². The number of phenols is 1. The number of hydrogen-bond donors (Lipinski definition) is 3. The van der Waals surface area contributed by atoms with Crippen LogP contribution in [0.4, 0.5) is 0 Å². The number of hydrogen-bond acceptors (Lipinski definition) is 6. The molecule has 0 aliphatic heterocycles. The Balaban J connectivity index is 1.86. The van der Waals surface area contributed by atoms with E-state index in [0.717, 1.165) is 24.9 Å². The number of phenolic OH excluding ortho intramolecular Hbond substituents is 1. The molecule has 0 atom stereocenters. The third-order valence-electron chi connectivity index (χ3n) is 4.51. The Morgan fingerprint density at radius 3 is 2.33 bits per heavy atom. The van der Waals surface area contributed by atoms with Gasteiger partial charge in [-0.3, -0.25) is 9.69 Å². The van der Waals surface area contributed by atoms with Gasteiger partial charge in [0.1, 0.15) is 0 Å². The van der Waals surface area contributed by atoms with E-state index in [4.69, 9.17) is 14.6 Å². The molecule has 7 heteroatoms. The molecule has 0 spiro atoms. The second-order valence-corrected chi connectivity index (χ2v) is 6.01. The van der Waals surface area contributed by atoms with Crippen molar-refractivity contribution in [2.45, 2.75) is 38.4 Å². The Bertz CT molecular complexity index is 547. The lowest BCUT2D eigenvalue weighted by Crippen LogP contribution is -2.53. The number of aromatic hydroxyl groups is 1. The van der Waals surface area contributed by atoms with E-state index in [1.165, 1.54) is 14.2 Å². The summed E-state index contributed by atoms with van der Waals surface area (Å²) in [5, 5.41) is 22.3. The van der Waals surface area contributed by atoms with Gasteiger partial charge >= 0.3 is 5.97 Å². The van der Waals surface area contributed by atoms with Crippen molar-refractivity contribution in [2.75, 3.05) is 27.3 Å². The fourth-order valence-electron chi connectivity index (χ4n) is 3.04. The summed E-state index contributed by atoms with van der Waals surface area (Å²) < 4.78 is 10.3. The van der Waals surface area contributed by atoms with E-state index in [0.29, 0.717) is 30.1 Å². The van der Waals surface area contributed by atoms with Crippen molar-refractivity contribution in [1.29, 1.82) is 0 Å². The molecule has 0 aromatic heterocycles. The minimum Gasteiger partial charge on any atom is -0.502 e. The first-order valence-corrected chi connectivity index (χ1v) is 8.11. The number of carbonyl (C=O) groups is 1. The number of ether oxygens (including phenoxy) is 2. The van der Waals surface area contributed by atoms with Crippen molar-refractivity contribution in [3.05, 3.63) is 17.7 Å². The van der Waals surface area contributed by atoms with Gasteiger partial charge in [0, 0.05) is 18.6 Å². The van der Waals surface area contributed by atoms with E-state index in [2.05, 4.69) is 5.32 Å². The molecule has 7 nitrogen and oxygen atoms in total. The predicted octanol–water partition coefficient (Wildman–Crippen LogP) is 1.44. The second-order valence-electron chi connectivity index (χ2n) is 6.01. The molecule has 134 valence electrons. The summed E-state index contributed by atoms with van der Waals surface area (Å²) >= 11 is 0. The van der Waals surface area contributed by atoms with E-state index >= 15 is 0 Å². The Morgan fingerprint density at radius 1 is 1.29 bits per heavy atom. The number of carboxylic acid groups (broad SMARTS) is 1. The number of carboxylic acids is 1. The quantitative estimate of drug-likeness (QED) is 0.627. The lowest BCUT2D eigenvalue weighted by atomic mass is 9.85. The topological polar surface area (TPSA) is 91.3 Å². The summed E-state index contributed by atoms with van der Waals surface area (Å²) in [5.74, 6) is -0.0104. The van der Waals surface area contributed by atoms with Crippen LogP contribution in [0, 0.1) is 0 Å². The average molecular weight is 338 g/mol. The lowest BCUT2D eigenvalue weighted by Gasteiger charge is -2.42. The molecule has 3 N–H and O–H groups in total. The molecule has 0 radical (unpaired) electrons. The zero-order valence-electron chi connectivity index (χ0n) is 14.4.